The molecule has 1 aromatic rings. The van der Waals surface area contributed by atoms with Crippen LogP contribution in [0.1, 0.15) is 11.1 Å². The Labute approximate surface area is 79.5 Å². The van der Waals surface area contributed by atoms with Gasteiger partial charge in [-0.05, 0) is 18.1 Å². The van der Waals surface area contributed by atoms with Gasteiger partial charge >= 0.3 is 0 Å². The number of hydrogen-bond acceptors (Lipinski definition) is 2. The lowest BCUT2D eigenvalue weighted by atomic mass is 10.1. The van der Waals surface area contributed by atoms with E-state index in [-0.39, 0.29) is 0 Å². The topological polar surface area (TPSA) is 18.5 Å². The van der Waals surface area contributed by atoms with Crippen LogP contribution in [0.3, 0.4) is 0 Å². The van der Waals surface area contributed by atoms with Crippen molar-refractivity contribution in [3.8, 4) is 5.75 Å². The van der Waals surface area contributed by atoms with Gasteiger partial charge in [-0.1, -0.05) is 28.1 Å². The summed E-state index contributed by atoms with van der Waals surface area (Å²) in [7, 11) is 0. The monoisotopic (exact) mass is 228 g/mol. The molecule has 12 heavy (non-hydrogen) atoms. The van der Waals surface area contributed by atoms with Gasteiger partial charge in [-0.2, -0.15) is 4.89 Å². The zero-order valence-electron chi connectivity index (χ0n) is 6.55. The minimum atomic E-state index is 0.573. The SMILES string of the molecule is BrCCc1ccc2c(c1)OOC2. The normalized spacial score (nSPS) is 14.1. The zero-order valence-corrected chi connectivity index (χ0v) is 8.13. The highest BCUT2D eigenvalue weighted by Crippen LogP contribution is 2.27. The summed E-state index contributed by atoms with van der Waals surface area (Å²) >= 11 is 3.39. The molecule has 3 heteroatoms. The number of alkyl halides is 1. The van der Waals surface area contributed by atoms with E-state index in [1.165, 1.54) is 5.56 Å². The Hall–Kier alpha value is -0.540. The number of rotatable bonds is 2. The zero-order chi connectivity index (χ0) is 8.39. The Kier molecular flexibility index (Phi) is 2.33. The lowest BCUT2D eigenvalue weighted by Crippen LogP contribution is -1.87. The van der Waals surface area contributed by atoms with Gasteiger partial charge in [0.25, 0.3) is 0 Å². The van der Waals surface area contributed by atoms with Gasteiger partial charge in [0.2, 0.25) is 0 Å². The van der Waals surface area contributed by atoms with Gasteiger partial charge in [0.15, 0.2) is 5.75 Å². The van der Waals surface area contributed by atoms with Crippen molar-refractivity contribution in [1.29, 1.82) is 0 Å². The molecule has 0 saturated carbocycles. The highest BCUT2D eigenvalue weighted by Gasteiger charge is 2.13. The molecule has 0 unspecified atom stereocenters. The number of hydrogen-bond donors (Lipinski definition) is 0. The molecule has 0 atom stereocenters. The van der Waals surface area contributed by atoms with Gasteiger partial charge in [-0.25, -0.2) is 0 Å². The molecule has 0 aliphatic carbocycles. The van der Waals surface area contributed by atoms with Crippen molar-refractivity contribution in [3.05, 3.63) is 29.3 Å². The van der Waals surface area contributed by atoms with Crippen LogP contribution in [0.15, 0.2) is 18.2 Å². The summed E-state index contributed by atoms with van der Waals surface area (Å²) in [6.45, 7) is 0.573. The van der Waals surface area contributed by atoms with E-state index in [2.05, 4.69) is 28.1 Å². The first-order valence-corrected chi connectivity index (χ1v) is 4.99. The van der Waals surface area contributed by atoms with E-state index < -0.39 is 0 Å². The Morgan fingerprint density at radius 3 is 3.17 bits per heavy atom. The average Bonchev–Trinajstić information content (AvgIpc) is 2.51. The van der Waals surface area contributed by atoms with Gasteiger partial charge in [0, 0.05) is 10.9 Å². The van der Waals surface area contributed by atoms with Gasteiger partial charge in [0.1, 0.15) is 6.61 Å². The van der Waals surface area contributed by atoms with Gasteiger partial charge < -0.3 is 4.89 Å². The molecule has 1 aliphatic heterocycles. The lowest BCUT2D eigenvalue weighted by molar-refractivity contribution is -0.194. The molecule has 0 N–H and O–H groups in total. The molecule has 0 radical (unpaired) electrons. The standard InChI is InChI=1S/C9H9BrO2/c10-4-3-7-1-2-8-6-11-12-9(8)5-7/h1-2,5H,3-4,6H2. The van der Waals surface area contributed by atoms with Crippen molar-refractivity contribution < 1.29 is 9.78 Å². The second-order valence-electron chi connectivity index (χ2n) is 2.73. The first-order valence-electron chi connectivity index (χ1n) is 3.87. The van der Waals surface area contributed by atoms with Crippen LogP contribution >= 0.6 is 15.9 Å². The average molecular weight is 229 g/mol. The van der Waals surface area contributed by atoms with Crippen LogP contribution in [0.4, 0.5) is 0 Å². The maximum Gasteiger partial charge on any atom is 0.171 e. The third kappa shape index (κ3) is 1.47. The van der Waals surface area contributed by atoms with Gasteiger partial charge in [-0.15, -0.1) is 0 Å². The third-order valence-electron chi connectivity index (χ3n) is 1.88. The van der Waals surface area contributed by atoms with Crippen molar-refractivity contribution in [2.24, 2.45) is 0 Å². The molecule has 0 aromatic heterocycles. The highest BCUT2D eigenvalue weighted by atomic mass is 79.9. The molecular weight excluding hydrogens is 220 g/mol. The summed E-state index contributed by atoms with van der Waals surface area (Å²) in [5, 5.41) is 0.979. The van der Waals surface area contributed by atoms with Crippen molar-refractivity contribution in [1.82, 2.24) is 0 Å². The summed E-state index contributed by atoms with van der Waals surface area (Å²) in [6.07, 6.45) is 1.02. The van der Waals surface area contributed by atoms with Gasteiger partial charge in [0.05, 0.1) is 0 Å². The highest BCUT2D eigenvalue weighted by molar-refractivity contribution is 9.09. The van der Waals surface area contributed by atoms with E-state index in [4.69, 9.17) is 9.78 Å². The van der Waals surface area contributed by atoms with Crippen LogP contribution in [0.25, 0.3) is 0 Å². The van der Waals surface area contributed by atoms with E-state index >= 15 is 0 Å². The fourth-order valence-electron chi connectivity index (χ4n) is 1.22. The summed E-state index contributed by atoms with van der Waals surface area (Å²) in [5.41, 5.74) is 2.41. The molecule has 1 aromatic carbocycles. The van der Waals surface area contributed by atoms with Crippen molar-refractivity contribution in [3.63, 3.8) is 0 Å². The molecule has 0 fully saturated rings. The Balaban J connectivity index is 2.26. The molecule has 0 bridgehead atoms. The largest absolute Gasteiger partial charge is 0.337 e. The lowest BCUT2D eigenvalue weighted by Gasteiger charge is -1.99. The quantitative estimate of drug-likeness (QED) is 0.572. The molecule has 1 heterocycles. The second kappa shape index (κ2) is 3.46. The number of fused-ring (bicyclic) bond motifs is 1. The molecule has 2 rings (SSSR count). The van der Waals surface area contributed by atoms with Crippen LogP contribution < -0.4 is 4.89 Å². The minimum Gasteiger partial charge on any atom is -0.337 e. The number of halogens is 1. The van der Waals surface area contributed by atoms with Crippen molar-refractivity contribution in [2.75, 3.05) is 5.33 Å². The summed E-state index contributed by atoms with van der Waals surface area (Å²) < 4.78 is 0. The second-order valence-corrected chi connectivity index (χ2v) is 3.52. The van der Waals surface area contributed by atoms with Crippen LogP contribution in [-0.4, -0.2) is 5.33 Å². The number of aryl methyl sites for hydroxylation is 1. The van der Waals surface area contributed by atoms with Crippen LogP contribution in [0, 0.1) is 0 Å². The smallest absolute Gasteiger partial charge is 0.171 e. The molecule has 1 aliphatic rings. The minimum absolute atomic E-state index is 0.573. The van der Waals surface area contributed by atoms with Crippen LogP contribution in [0.5, 0.6) is 5.75 Å². The summed E-state index contributed by atoms with van der Waals surface area (Å²) in [5.74, 6) is 0.869. The molecule has 0 saturated heterocycles. The first kappa shape index (κ1) is 8.08. The fourth-order valence-corrected chi connectivity index (χ4v) is 1.67. The third-order valence-corrected chi connectivity index (χ3v) is 2.27. The van der Waals surface area contributed by atoms with Crippen LogP contribution in [-0.2, 0) is 17.9 Å². The van der Waals surface area contributed by atoms with E-state index in [1.54, 1.807) is 0 Å². The van der Waals surface area contributed by atoms with Gasteiger partial charge in [-0.3, -0.25) is 0 Å². The summed E-state index contributed by atoms with van der Waals surface area (Å²) in [4.78, 5) is 9.81. The first-order chi connectivity index (χ1) is 5.90. The Bertz CT molecular complexity index is 286. The molecular formula is C9H9BrO2. The Morgan fingerprint density at radius 1 is 1.42 bits per heavy atom. The van der Waals surface area contributed by atoms with Crippen molar-refractivity contribution >= 4 is 15.9 Å². The molecule has 0 spiro atoms. The molecule has 0 amide bonds. The van der Waals surface area contributed by atoms with E-state index in [0.29, 0.717) is 6.61 Å². The van der Waals surface area contributed by atoms with E-state index in [1.807, 2.05) is 6.07 Å². The van der Waals surface area contributed by atoms with Crippen molar-refractivity contribution in [2.45, 2.75) is 13.0 Å². The fraction of sp³-hybridized carbons (Fsp3) is 0.333. The molecule has 64 valence electrons. The number of benzene rings is 1. The van der Waals surface area contributed by atoms with Crippen LogP contribution in [0.2, 0.25) is 0 Å². The maximum atomic E-state index is 4.97. The Morgan fingerprint density at radius 2 is 2.33 bits per heavy atom. The molecule has 2 nitrogen and oxygen atoms in total. The summed E-state index contributed by atoms with van der Waals surface area (Å²) in [6, 6.07) is 6.20. The van der Waals surface area contributed by atoms with E-state index in [9.17, 15) is 0 Å². The van der Waals surface area contributed by atoms with E-state index in [0.717, 1.165) is 23.1 Å². The maximum absolute atomic E-state index is 4.97. The predicted octanol–water partition coefficient (Wildman–Crippen LogP) is 2.45. The predicted molar refractivity (Wildman–Crippen MR) is 49.4 cm³/mol.